The van der Waals surface area contributed by atoms with E-state index in [0.717, 1.165) is 13.3 Å². The zero-order valence-electron chi connectivity index (χ0n) is 14.2. The molecule has 142 valence electrons. The topological polar surface area (TPSA) is 156 Å². The van der Waals surface area contributed by atoms with Crippen LogP contribution in [0.25, 0.3) is 0 Å². The third-order valence-electron chi connectivity index (χ3n) is 2.82. The molecule has 1 aromatic heterocycles. The van der Waals surface area contributed by atoms with E-state index in [9.17, 15) is 4.79 Å². The van der Waals surface area contributed by atoms with Crippen LogP contribution in [0.3, 0.4) is 0 Å². The van der Waals surface area contributed by atoms with Gasteiger partial charge in [-0.05, 0) is 31.2 Å². The van der Waals surface area contributed by atoms with Crippen LogP contribution in [0, 0.1) is 0 Å². The largest absolute Gasteiger partial charge is 0.492 e. The smallest absolute Gasteiger partial charge is 0.300 e. The van der Waals surface area contributed by atoms with Crippen LogP contribution in [0.4, 0.5) is 0 Å². The number of aliphatic carboxylic acids is 1. The number of halogens is 1. The number of nitrogens with two attached hydrogens (primary N) is 1. The molecule has 0 fully saturated rings. The van der Waals surface area contributed by atoms with E-state index in [1.165, 1.54) is 0 Å². The first kappa shape index (κ1) is 21.3. The molecule has 0 saturated heterocycles. The third kappa shape index (κ3) is 8.40. The minimum absolute atomic E-state index is 0.223. The first-order valence-electron chi connectivity index (χ1n) is 7.76. The maximum Gasteiger partial charge on any atom is 0.300 e. The molecule has 0 saturated carbocycles. The summed E-state index contributed by atoms with van der Waals surface area (Å²) in [6.45, 7) is 2.54. The first-order chi connectivity index (χ1) is 12.4. The highest BCUT2D eigenvalue weighted by molar-refractivity contribution is 6.32. The summed E-state index contributed by atoms with van der Waals surface area (Å²) in [6.07, 6.45) is 1.24. The van der Waals surface area contributed by atoms with E-state index in [4.69, 9.17) is 32.0 Å². The van der Waals surface area contributed by atoms with Gasteiger partial charge in [0, 0.05) is 25.5 Å². The van der Waals surface area contributed by atoms with Crippen LogP contribution in [0.15, 0.2) is 18.2 Å². The lowest BCUT2D eigenvalue weighted by Crippen LogP contribution is -2.26. The van der Waals surface area contributed by atoms with Gasteiger partial charge in [0.15, 0.2) is 5.82 Å². The number of rotatable bonds is 8. The monoisotopic (exact) mass is 384 g/mol. The molecule has 0 spiro atoms. The Morgan fingerprint density at radius 2 is 2.15 bits per heavy atom. The molecule has 2 rings (SSSR count). The van der Waals surface area contributed by atoms with E-state index in [-0.39, 0.29) is 5.91 Å². The van der Waals surface area contributed by atoms with Crippen molar-refractivity contribution in [2.24, 2.45) is 5.73 Å². The van der Waals surface area contributed by atoms with Crippen molar-refractivity contribution in [3.8, 4) is 5.75 Å². The number of hydrogen-bond acceptors (Lipinski definition) is 7. The van der Waals surface area contributed by atoms with Gasteiger partial charge < -0.3 is 20.9 Å². The van der Waals surface area contributed by atoms with E-state index in [1.54, 1.807) is 18.2 Å². The summed E-state index contributed by atoms with van der Waals surface area (Å²) in [5.74, 6) is 0.0272. The molecule has 5 N–H and O–H groups in total. The van der Waals surface area contributed by atoms with E-state index in [2.05, 4.69) is 25.9 Å². The molecule has 1 heterocycles. The fourth-order valence-electron chi connectivity index (χ4n) is 1.70. The number of benzene rings is 1. The van der Waals surface area contributed by atoms with Gasteiger partial charge in [0.05, 0.1) is 11.6 Å². The Morgan fingerprint density at radius 3 is 2.73 bits per heavy atom. The minimum atomic E-state index is -0.833. The number of tetrazole rings is 1. The summed E-state index contributed by atoms with van der Waals surface area (Å²) >= 11 is 6.10. The van der Waals surface area contributed by atoms with Gasteiger partial charge in [0.2, 0.25) is 0 Å². The predicted octanol–water partition coefficient (Wildman–Crippen LogP) is 0.644. The van der Waals surface area contributed by atoms with Crippen LogP contribution in [0.2, 0.25) is 5.02 Å². The number of carbonyl (C=O) groups excluding carboxylic acids is 1. The van der Waals surface area contributed by atoms with E-state index in [1.807, 2.05) is 0 Å². The molecule has 0 radical (unpaired) electrons. The average molecular weight is 385 g/mol. The standard InChI is InChI=1S/C13H17ClN6O2.C2H4O2/c14-10-8-9(2-3-11(10)22-7-1-5-15)13(21)16-6-4-12-17-19-20-18-12;1-2(3)4/h2-3,8H,1,4-7,15H2,(H,16,21)(H,17,18,19,20);1H3,(H,3,4). The quantitative estimate of drug-likeness (QED) is 0.483. The Balaban J connectivity index is 0.000000765. The molecule has 11 heteroatoms. The lowest BCUT2D eigenvalue weighted by Gasteiger charge is -2.09. The maximum atomic E-state index is 12.0. The highest BCUT2D eigenvalue weighted by atomic mass is 35.5. The fourth-order valence-corrected chi connectivity index (χ4v) is 1.94. The number of carbonyl (C=O) groups is 2. The van der Waals surface area contributed by atoms with Crippen molar-refractivity contribution >= 4 is 23.5 Å². The Morgan fingerprint density at radius 1 is 1.42 bits per heavy atom. The predicted molar refractivity (Wildman–Crippen MR) is 94.1 cm³/mol. The number of carboxylic acids is 1. The highest BCUT2D eigenvalue weighted by Crippen LogP contribution is 2.25. The van der Waals surface area contributed by atoms with Crippen LogP contribution < -0.4 is 15.8 Å². The number of nitrogens with zero attached hydrogens (tertiary/aromatic N) is 3. The lowest BCUT2D eigenvalue weighted by molar-refractivity contribution is -0.134. The van der Waals surface area contributed by atoms with Crippen molar-refractivity contribution in [2.75, 3.05) is 19.7 Å². The second kappa shape index (κ2) is 11.8. The van der Waals surface area contributed by atoms with Gasteiger partial charge in [-0.25, -0.2) is 0 Å². The second-order valence-corrected chi connectivity index (χ2v) is 5.40. The van der Waals surface area contributed by atoms with Crippen molar-refractivity contribution in [1.82, 2.24) is 25.9 Å². The van der Waals surface area contributed by atoms with Gasteiger partial charge in [-0.1, -0.05) is 16.8 Å². The Kier molecular flexibility index (Phi) is 9.65. The average Bonchev–Trinajstić information content (AvgIpc) is 3.09. The zero-order chi connectivity index (χ0) is 19.4. The number of aromatic nitrogens is 4. The number of nitrogens with one attached hydrogen (secondary N) is 2. The summed E-state index contributed by atoms with van der Waals surface area (Å²) in [7, 11) is 0. The Labute approximate surface area is 155 Å². The number of H-pyrrole nitrogens is 1. The summed E-state index contributed by atoms with van der Waals surface area (Å²) in [5, 5.41) is 24.0. The van der Waals surface area contributed by atoms with Crippen LogP contribution in [0.1, 0.15) is 29.5 Å². The summed E-state index contributed by atoms with van der Waals surface area (Å²) in [5.41, 5.74) is 5.86. The Hall–Kier alpha value is -2.72. The molecule has 26 heavy (non-hydrogen) atoms. The lowest BCUT2D eigenvalue weighted by atomic mass is 10.2. The summed E-state index contributed by atoms with van der Waals surface area (Å²) in [4.78, 5) is 21.0. The van der Waals surface area contributed by atoms with Crippen LogP contribution in [-0.2, 0) is 11.2 Å². The minimum Gasteiger partial charge on any atom is -0.492 e. The highest BCUT2D eigenvalue weighted by Gasteiger charge is 2.09. The third-order valence-corrected chi connectivity index (χ3v) is 3.12. The SMILES string of the molecule is CC(=O)O.NCCCOc1ccc(C(=O)NCCc2nn[nH]n2)cc1Cl. The number of carboxylic acid groups (broad SMARTS) is 1. The van der Waals surface area contributed by atoms with Gasteiger partial charge in [-0.2, -0.15) is 5.21 Å². The molecule has 0 unspecified atom stereocenters. The van der Waals surface area contributed by atoms with Gasteiger partial charge in [0.1, 0.15) is 5.75 Å². The number of ether oxygens (including phenoxy) is 1. The number of amides is 1. The zero-order valence-corrected chi connectivity index (χ0v) is 15.0. The van der Waals surface area contributed by atoms with Gasteiger partial charge >= 0.3 is 0 Å². The van der Waals surface area contributed by atoms with Crippen LogP contribution in [0.5, 0.6) is 5.75 Å². The van der Waals surface area contributed by atoms with Crippen LogP contribution >= 0.6 is 11.6 Å². The van der Waals surface area contributed by atoms with Crippen LogP contribution in [-0.4, -0.2) is 57.3 Å². The summed E-state index contributed by atoms with van der Waals surface area (Å²) in [6, 6.07) is 4.91. The molecule has 0 bridgehead atoms. The van der Waals surface area contributed by atoms with Crippen molar-refractivity contribution in [3.05, 3.63) is 34.6 Å². The fraction of sp³-hybridized carbons (Fsp3) is 0.400. The Bertz CT molecular complexity index is 691. The normalized spacial score (nSPS) is 9.81. The molecule has 2 aromatic rings. The summed E-state index contributed by atoms with van der Waals surface area (Å²) < 4.78 is 5.47. The maximum absolute atomic E-state index is 12.0. The van der Waals surface area contributed by atoms with Gasteiger partial charge in [-0.3, -0.25) is 9.59 Å². The second-order valence-electron chi connectivity index (χ2n) is 4.99. The van der Waals surface area contributed by atoms with E-state index < -0.39 is 5.97 Å². The number of hydrogen-bond donors (Lipinski definition) is 4. The van der Waals surface area contributed by atoms with Crippen molar-refractivity contribution in [2.45, 2.75) is 19.8 Å². The molecular formula is C15H21ClN6O4. The molecular weight excluding hydrogens is 364 g/mol. The van der Waals surface area contributed by atoms with Gasteiger partial charge in [-0.15, -0.1) is 10.2 Å². The number of aromatic amines is 1. The van der Waals surface area contributed by atoms with Gasteiger partial charge in [0.25, 0.3) is 11.9 Å². The van der Waals surface area contributed by atoms with Crippen molar-refractivity contribution in [1.29, 1.82) is 0 Å². The van der Waals surface area contributed by atoms with Crippen molar-refractivity contribution < 1.29 is 19.4 Å². The molecule has 10 nitrogen and oxygen atoms in total. The molecule has 0 aliphatic rings. The molecule has 0 aliphatic heterocycles. The van der Waals surface area contributed by atoms with E-state index in [0.29, 0.717) is 48.3 Å². The molecule has 0 aliphatic carbocycles. The molecule has 1 aromatic carbocycles. The van der Waals surface area contributed by atoms with Crippen molar-refractivity contribution in [3.63, 3.8) is 0 Å². The first-order valence-corrected chi connectivity index (χ1v) is 8.14. The molecule has 1 amide bonds. The molecule has 0 atom stereocenters. The van der Waals surface area contributed by atoms with E-state index >= 15 is 0 Å².